The average Bonchev–Trinajstić information content (AvgIpc) is 2.63. The van der Waals surface area contributed by atoms with E-state index in [0.29, 0.717) is 36.5 Å². The topological polar surface area (TPSA) is 79.8 Å². The van der Waals surface area contributed by atoms with Crippen molar-refractivity contribution < 1.29 is 47.8 Å². The maximum atomic E-state index is 14.5. The van der Waals surface area contributed by atoms with E-state index in [1.165, 1.54) is 18.6 Å². The van der Waals surface area contributed by atoms with E-state index < -0.39 is 11.8 Å². The quantitative estimate of drug-likeness (QED) is 0.725. The molecule has 1 aliphatic heterocycles. The van der Waals surface area contributed by atoms with E-state index in [1.807, 2.05) is 4.90 Å². The molecule has 1 aliphatic carbocycles. The second-order valence-electron chi connectivity index (χ2n) is 7.56. The molecule has 4 rings (SSSR count). The molecule has 2 aromatic rings. The van der Waals surface area contributed by atoms with Crippen LogP contribution in [0.25, 0.3) is 0 Å². The van der Waals surface area contributed by atoms with Crippen LogP contribution in [0.15, 0.2) is 30.3 Å². The molecule has 0 aromatic heterocycles. The summed E-state index contributed by atoms with van der Waals surface area (Å²) in [5.74, 6) is -0.989. The summed E-state index contributed by atoms with van der Waals surface area (Å²) >= 11 is 0. The van der Waals surface area contributed by atoms with Crippen molar-refractivity contribution in [1.29, 1.82) is 0 Å². The average molecular weight is 411 g/mol. The molecule has 0 saturated heterocycles. The molecule has 1 fully saturated rings. The normalized spacial score (nSPS) is 15.3. The first-order chi connectivity index (χ1) is 13.5. The van der Waals surface area contributed by atoms with Crippen molar-refractivity contribution in [2.75, 3.05) is 11.4 Å². The fourth-order valence-electron chi connectivity index (χ4n) is 3.76. The molecule has 30 heavy (non-hydrogen) atoms. The van der Waals surface area contributed by atoms with Gasteiger partial charge in [-0.1, -0.05) is 6.07 Å². The van der Waals surface area contributed by atoms with E-state index in [2.05, 4.69) is 0 Å². The molecule has 1 saturated carbocycles. The maximum Gasteiger partial charge on any atom is 1.00 e. The number of carboxylic acid groups (broad SMARTS) is 1. The van der Waals surface area contributed by atoms with E-state index >= 15 is 0 Å². The minimum absolute atomic E-state index is 0. The van der Waals surface area contributed by atoms with Crippen molar-refractivity contribution in [3.05, 3.63) is 58.7 Å². The van der Waals surface area contributed by atoms with Crippen LogP contribution in [0.5, 0.6) is 5.75 Å². The molecule has 0 spiro atoms. The van der Waals surface area contributed by atoms with Crippen molar-refractivity contribution in [3.8, 4) is 5.75 Å². The van der Waals surface area contributed by atoms with Crippen LogP contribution in [-0.2, 0) is 24.2 Å². The largest absolute Gasteiger partial charge is 1.00 e. The number of nitrogens with zero attached hydrogens (tertiary/aromatic N) is 1. The molecular weight excluding hydrogens is 387 g/mol. The summed E-state index contributed by atoms with van der Waals surface area (Å²) < 4.78 is 34.7. The number of carbonyl (C=O) groups is 1. The van der Waals surface area contributed by atoms with Gasteiger partial charge in [-0.15, -0.1) is 0 Å². The molecule has 1 heterocycles. The third-order valence-electron chi connectivity index (χ3n) is 5.60. The molecule has 0 amide bonds. The van der Waals surface area contributed by atoms with Crippen LogP contribution in [0, 0.1) is 11.6 Å². The first-order valence-corrected chi connectivity index (χ1v) is 9.73. The monoisotopic (exact) mass is 411 g/mol. The van der Waals surface area contributed by atoms with Gasteiger partial charge in [0, 0.05) is 25.6 Å². The number of ether oxygens (including phenoxy) is 1. The summed E-state index contributed by atoms with van der Waals surface area (Å²) in [6.07, 6.45) is 4.19. The van der Waals surface area contributed by atoms with E-state index in [-0.39, 0.29) is 49.1 Å². The second kappa shape index (κ2) is 10.3. The molecule has 0 atom stereocenters. The zero-order valence-electron chi connectivity index (χ0n) is 17.0. The van der Waals surface area contributed by atoms with Crippen molar-refractivity contribution >= 4 is 11.7 Å². The third-order valence-corrected chi connectivity index (χ3v) is 5.60. The Labute approximate surface area is 186 Å². The Morgan fingerprint density at radius 3 is 2.57 bits per heavy atom. The van der Waals surface area contributed by atoms with Crippen LogP contribution < -0.4 is 28.5 Å². The fraction of sp³-hybridized carbons (Fsp3) is 0.409. The van der Waals surface area contributed by atoms with Gasteiger partial charge in [-0.05, 0) is 67.0 Å². The first-order valence-electron chi connectivity index (χ1n) is 9.73. The molecule has 2 aliphatic rings. The molecule has 5 nitrogen and oxygen atoms in total. The summed E-state index contributed by atoms with van der Waals surface area (Å²) in [5, 5.41) is 8.81. The van der Waals surface area contributed by atoms with Crippen molar-refractivity contribution in [2.45, 2.75) is 51.2 Å². The second-order valence-corrected chi connectivity index (χ2v) is 7.56. The predicted molar refractivity (Wildman–Crippen MR) is 104 cm³/mol. The fourth-order valence-corrected chi connectivity index (χ4v) is 3.76. The van der Waals surface area contributed by atoms with Crippen LogP contribution in [0.4, 0.5) is 14.5 Å². The number of fused-ring (bicyclic) bond motifs is 1. The van der Waals surface area contributed by atoms with Gasteiger partial charge in [0.1, 0.15) is 17.4 Å². The number of rotatable bonds is 6. The van der Waals surface area contributed by atoms with E-state index in [1.54, 1.807) is 18.2 Å². The molecular formula is C22H24F2LiNO4. The summed E-state index contributed by atoms with van der Waals surface area (Å²) in [7, 11) is 0. The summed E-state index contributed by atoms with van der Waals surface area (Å²) in [6.45, 7) is 1.02. The summed E-state index contributed by atoms with van der Waals surface area (Å²) in [6, 6.07) is 8.04. The molecule has 8 heteroatoms. The van der Waals surface area contributed by atoms with Gasteiger partial charge in [0.2, 0.25) is 0 Å². The smallest absolute Gasteiger partial charge is 0.870 e. The Kier molecular flexibility index (Phi) is 8.31. The Morgan fingerprint density at radius 1 is 1.13 bits per heavy atom. The van der Waals surface area contributed by atoms with Crippen LogP contribution in [0.1, 0.15) is 42.4 Å². The summed E-state index contributed by atoms with van der Waals surface area (Å²) in [4.78, 5) is 12.7. The zero-order valence-corrected chi connectivity index (χ0v) is 17.0. The number of aryl methyl sites for hydroxylation is 1. The molecule has 0 unspecified atom stereocenters. The molecule has 156 valence electrons. The van der Waals surface area contributed by atoms with Crippen molar-refractivity contribution in [1.82, 2.24) is 0 Å². The van der Waals surface area contributed by atoms with Gasteiger partial charge in [-0.25, -0.2) is 8.78 Å². The van der Waals surface area contributed by atoms with Crippen LogP contribution >= 0.6 is 0 Å². The first kappa shape index (κ1) is 24.2. The van der Waals surface area contributed by atoms with Gasteiger partial charge in [-0.2, -0.15) is 0 Å². The number of benzene rings is 2. The minimum Gasteiger partial charge on any atom is -0.870 e. The molecule has 0 radical (unpaired) electrons. The van der Waals surface area contributed by atoms with Gasteiger partial charge in [0.25, 0.3) is 0 Å². The maximum absolute atomic E-state index is 14.5. The number of halogens is 2. The van der Waals surface area contributed by atoms with Gasteiger partial charge >= 0.3 is 24.8 Å². The predicted octanol–water partition coefficient (Wildman–Crippen LogP) is 1.30. The number of hydrogen-bond donors (Lipinski definition) is 1. The number of anilines is 1. The van der Waals surface area contributed by atoms with E-state index in [9.17, 15) is 13.6 Å². The van der Waals surface area contributed by atoms with Crippen LogP contribution in [-0.4, -0.2) is 29.2 Å². The Morgan fingerprint density at radius 2 is 1.90 bits per heavy atom. The Hall–Kier alpha value is -2.07. The van der Waals surface area contributed by atoms with E-state index in [0.717, 1.165) is 24.0 Å². The van der Waals surface area contributed by atoms with E-state index in [4.69, 9.17) is 9.84 Å². The molecule has 0 bridgehead atoms. The number of aliphatic carboxylic acids is 1. The van der Waals surface area contributed by atoms with Crippen molar-refractivity contribution in [3.63, 3.8) is 0 Å². The van der Waals surface area contributed by atoms with Gasteiger partial charge in [-0.3, -0.25) is 4.79 Å². The van der Waals surface area contributed by atoms with Gasteiger partial charge < -0.3 is 20.2 Å². The summed E-state index contributed by atoms with van der Waals surface area (Å²) in [5.41, 5.74) is 2.71. The SMILES string of the molecule is O=C(O)CCc1cc2c(cc1F)CN(c1cc(OC3CCC3)ccc1F)CC2.[Li+].[OH-]. The van der Waals surface area contributed by atoms with Crippen LogP contribution in [0.2, 0.25) is 0 Å². The third kappa shape index (κ3) is 5.34. The standard InChI is InChI=1S/C22H23F2NO3.Li.H2O/c23-19-6-5-18(28-17-2-1-3-17)12-21(19)25-9-8-14-10-15(4-7-22(26)27)20(24)11-16(14)13-25;;/h5-6,10-12,17H,1-4,7-9,13H2,(H,26,27);;1H2/q;+1;/p-1. The van der Waals surface area contributed by atoms with Crippen molar-refractivity contribution in [2.24, 2.45) is 0 Å². The zero-order chi connectivity index (χ0) is 19.7. The van der Waals surface area contributed by atoms with Gasteiger partial charge in [0.05, 0.1) is 11.8 Å². The molecule has 2 N–H and O–H groups in total. The minimum atomic E-state index is -0.942. The Balaban J connectivity index is 0.00000160. The number of hydrogen-bond acceptors (Lipinski definition) is 4. The van der Waals surface area contributed by atoms with Crippen LogP contribution in [0.3, 0.4) is 0 Å². The molecule has 2 aromatic carbocycles. The number of carboxylic acids is 1. The Bertz CT molecular complexity index is 905. The van der Waals surface area contributed by atoms with Gasteiger partial charge in [0.15, 0.2) is 0 Å².